The highest BCUT2D eigenvalue weighted by Crippen LogP contribution is 2.48. The number of fused-ring (bicyclic) bond motifs is 1. The SMILES string of the molecule is COc1cc(C(=O)OC2CC(C)(O)C3C(OC4OC(CO)C(O)C(O)C4O)OC=CC23)cc(OC)c1OC1OC(C)C(O)C(O)C1O. The van der Waals surface area contributed by atoms with Crippen molar-refractivity contribution in [2.75, 3.05) is 20.8 Å². The molecule has 15 atom stereocenters. The first-order valence-electron chi connectivity index (χ1n) is 15.1. The fourth-order valence-electron chi connectivity index (χ4n) is 6.44. The van der Waals surface area contributed by atoms with E-state index in [0.29, 0.717) is 0 Å². The van der Waals surface area contributed by atoms with E-state index in [0.717, 1.165) is 0 Å². The fraction of sp³-hybridized carbons (Fsp3) is 0.700. The van der Waals surface area contributed by atoms with E-state index in [1.165, 1.54) is 46.5 Å². The van der Waals surface area contributed by atoms with E-state index in [4.69, 9.17) is 37.9 Å². The zero-order valence-corrected chi connectivity index (χ0v) is 26.1. The average molecular weight is 675 g/mol. The van der Waals surface area contributed by atoms with Crippen molar-refractivity contribution < 1.29 is 83.5 Å². The number of benzene rings is 1. The molecule has 0 bridgehead atoms. The minimum Gasteiger partial charge on any atom is -0.493 e. The topological polar surface area (TPSA) is 253 Å². The molecule has 8 N–H and O–H groups in total. The number of methoxy groups -OCH3 is 2. The molecule has 3 aliphatic heterocycles. The Hall–Kier alpha value is -2.81. The van der Waals surface area contributed by atoms with Gasteiger partial charge in [-0.2, -0.15) is 0 Å². The summed E-state index contributed by atoms with van der Waals surface area (Å²) in [6.45, 7) is 2.33. The average Bonchev–Trinajstić information content (AvgIpc) is 3.32. The van der Waals surface area contributed by atoms with Gasteiger partial charge < -0.3 is 78.7 Å². The summed E-state index contributed by atoms with van der Waals surface area (Å²) >= 11 is 0. The first-order chi connectivity index (χ1) is 22.2. The molecule has 0 radical (unpaired) electrons. The van der Waals surface area contributed by atoms with Crippen LogP contribution >= 0.6 is 0 Å². The minimum atomic E-state index is -1.70. The molecule has 1 aromatic carbocycles. The van der Waals surface area contributed by atoms with Crippen molar-refractivity contribution in [2.24, 2.45) is 11.8 Å². The third-order valence-electron chi connectivity index (χ3n) is 9.10. The van der Waals surface area contributed by atoms with Gasteiger partial charge in [-0.1, -0.05) is 0 Å². The number of esters is 1. The van der Waals surface area contributed by atoms with E-state index in [1.54, 1.807) is 6.08 Å². The summed E-state index contributed by atoms with van der Waals surface area (Å²) in [5, 5.41) is 82.2. The van der Waals surface area contributed by atoms with Crippen molar-refractivity contribution in [3.63, 3.8) is 0 Å². The zero-order chi connectivity index (χ0) is 34.4. The number of hydrogen-bond donors (Lipinski definition) is 8. The number of aliphatic hydroxyl groups excluding tert-OH is 7. The first kappa shape index (κ1) is 35.5. The zero-order valence-electron chi connectivity index (χ0n) is 26.1. The molecule has 0 spiro atoms. The predicted molar refractivity (Wildman–Crippen MR) is 153 cm³/mol. The summed E-state index contributed by atoms with van der Waals surface area (Å²) in [6.07, 6.45) is -13.9. The second-order valence-electron chi connectivity index (χ2n) is 12.3. The molecule has 264 valence electrons. The molecule has 3 heterocycles. The number of carbonyl (C=O) groups is 1. The van der Waals surface area contributed by atoms with Gasteiger partial charge in [0.2, 0.25) is 18.3 Å². The van der Waals surface area contributed by atoms with Gasteiger partial charge in [-0.3, -0.25) is 0 Å². The molecule has 3 fully saturated rings. The highest BCUT2D eigenvalue weighted by Gasteiger charge is 2.58. The monoisotopic (exact) mass is 674 g/mol. The van der Waals surface area contributed by atoms with Crippen LogP contribution in [0.3, 0.4) is 0 Å². The van der Waals surface area contributed by atoms with Crippen molar-refractivity contribution in [3.05, 3.63) is 30.0 Å². The molecule has 0 amide bonds. The van der Waals surface area contributed by atoms with E-state index in [1.807, 2.05) is 0 Å². The van der Waals surface area contributed by atoms with Gasteiger partial charge in [0.15, 0.2) is 17.8 Å². The Morgan fingerprint density at radius 3 is 2.13 bits per heavy atom. The highest BCUT2D eigenvalue weighted by molar-refractivity contribution is 5.91. The molecule has 4 aliphatic rings. The van der Waals surface area contributed by atoms with Crippen LogP contribution in [0.4, 0.5) is 0 Å². The highest BCUT2D eigenvalue weighted by atomic mass is 16.8. The summed E-state index contributed by atoms with van der Waals surface area (Å²) in [4.78, 5) is 13.5. The van der Waals surface area contributed by atoms with E-state index in [-0.39, 0.29) is 29.2 Å². The molecule has 1 aromatic rings. The first-order valence-corrected chi connectivity index (χ1v) is 15.1. The summed E-state index contributed by atoms with van der Waals surface area (Å²) in [5.74, 6) is -2.38. The lowest BCUT2D eigenvalue weighted by Gasteiger charge is -2.43. The van der Waals surface area contributed by atoms with Crippen LogP contribution in [0, 0.1) is 11.8 Å². The maximum atomic E-state index is 13.5. The largest absolute Gasteiger partial charge is 0.493 e. The lowest BCUT2D eigenvalue weighted by Crippen LogP contribution is -2.60. The van der Waals surface area contributed by atoms with Crippen molar-refractivity contribution >= 4 is 5.97 Å². The van der Waals surface area contributed by atoms with Gasteiger partial charge in [-0.25, -0.2) is 4.79 Å². The maximum Gasteiger partial charge on any atom is 0.338 e. The molecule has 17 heteroatoms. The second kappa shape index (κ2) is 14.0. The lowest BCUT2D eigenvalue weighted by atomic mass is 9.85. The molecule has 17 nitrogen and oxygen atoms in total. The molecule has 15 unspecified atom stereocenters. The lowest BCUT2D eigenvalue weighted by molar-refractivity contribution is -0.346. The van der Waals surface area contributed by atoms with Gasteiger partial charge in [0.25, 0.3) is 0 Å². The normalized spacial score (nSPS) is 43.1. The summed E-state index contributed by atoms with van der Waals surface area (Å²) in [7, 11) is 2.61. The Labute approximate surface area is 269 Å². The van der Waals surface area contributed by atoms with Crippen LogP contribution < -0.4 is 14.2 Å². The van der Waals surface area contributed by atoms with Crippen LogP contribution in [0.15, 0.2) is 24.5 Å². The van der Waals surface area contributed by atoms with E-state index < -0.39 is 104 Å². The molecule has 2 saturated heterocycles. The van der Waals surface area contributed by atoms with Crippen LogP contribution in [-0.2, 0) is 23.7 Å². The molecule has 5 rings (SSSR count). The Bertz CT molecular complexity index is 1260. The van der Waals surface area contributed by atoms with Crippen LogP contribution in [0.2, 0.25) is 0 Å². The number of rotatable bonds is 9. The molecular formula is C30H42O17. The van der Waals surface area contributed by atoms with Crippen LogP contribution in [0.25, 0.3) is 0 Å². The molecule has 1 aliphatic carbocycles. The van der Waals surface area contributed by atoms with Gasteiger partial charge in [0.05, 0.1) is 50.3 Å². The van der Waals surface area contributed by atoms with E-state index in [9.17, 15) is 45.6 Å². The third-order valence-corrected chi connectivity index (χ3v) is 9.10. The van der Waals surface area contributed by atoms with Gasteiger partial charge in [-0.15, -0.1) is 0 Å². The number of ether oxygens (including phenoxy) is 8. The quantitative estimate of drug-likeness (QED) is 0.126. The van der Waals surface area contributed by atoms with Crippen molar-refractivity contribution in [1.29, 1.82) is 0 Å². The Morgan fingerprint density at radius 1 is 0.894 bits per heavy atom. The van der Waals surface area contributed by atoms with Gasteiger partial charge in [0.1, 0.15) is 48.8 Å². The molecule has 47 heavy (non-hydrogen) atoms. The third kappa shape index (κ3) is 6.75. The maximum absolute atomic E-state index is 13.5. The second-order valence-corrected chi connectivity index (χ2v) is 12.3. The summed E-state index contributed by atoms with van der Waals surface area (Å²) in [6, 6.07) is 2.61. The Kier molecular flexibility index (Phi) is 10.5. The smallest absolute Gasteiger partial charge is 0.338 e. The summed E-state index contributed by atoms with van der Waals surface area (Å²) < 4.78 is 44.8. The summed E-state index contributed by atoms with van der Waals surface area (Å²) in [5.41, 5.74) is -1.55. The fourth-order valence-corrected chi connectivity index (χ4v) is 6.44. The standard InChI is InChI=1S/C30H42O17/c1-11-19(32)21(34)23(36)28(43-11)46-25-14(40-3)7-12(8-15(25)41-4)26(38)44-16-9-30(2,39)18-13(16)5-6-42-27(18)47-29-24(37)22(35)20(33)17(10-31)45-29/h5-8,11,13,16-24,27-29,31-37,39H,9-10H2,1-4H3. The number of hydrogen-bond acceptors (Lipinski definition) is 17. The van der Waals surface area contributed by atoms with Gasteiger partial charge in [0, 0.05) is 12.3 Å². The predicted octanol–water partition coefficient (Wildman–Crippen LogP) is -2.49. The van der Waals surface area contributed by atoms with Crippen LogP contribution in [-0.4, -0.2) is 147 Å². The van der Waals surface area contributed by atoms with Crippen LogP contribution in [0.5, 0.6) is 17.2 Å². The van der Waals surface area contributed by atoms with Gasteiger partial charge in [-0.05, 0) is 32.1 Å². The molecule has 1 saturated carbocycles. The minimum absolute atomic E-state index is 0.00406. The number of carbonyl (C=O) groups excluding carboxylic acids is 1. The van der Waals surface area contributed by atoms with Crippen molar-refractivity contribution in [2.45, 2.75) is 99.7 Å². The van der Waals surface area contributed by atoms with E-state index >= 15 is 0 Å². The Morgan fingerprint density at radius 2 is 1.51 bits per heavy atom. The van der Waals surface area contributed by atoms with Crippen LogP contribution in [0.1, 0.15) is 30.6 Å². The molecule has 0 aromatic heterocycles. The van der Waals surface area contributed by atoms with Gasteiger partial charge >= 0.3 is 5.97 Å². The molecular weight excluding hydrogens is 632 g/mol. The van der Waals surface area contributed by atoms with Crippen molar-refractivity contribution in [1.82, 2.24) is 0 Å². The Balaban J connectivity index is 1.32. The number of aliphatic hydroxyl groups is 8. The van der Waals surface area contributed by atoms with Crippen molar-refractivity contribution in [3.8, 4) is 17.2 Å². The van der Waals surface area contributed by atoms with E-state index in [2.05, 4.69) is 0 Å².